The van der Waals surface area contributed by atoms with Crippen LogP contribution in [0, 0.1) is 0 Å². The summed E-state index contributed by atoms with van der Waals surface area (Å²) in [5.41, 5.74) is 0. The number of rotatable bonds is 5. The monoisotopic (exact) mass is 230 g/mol. The first-order chi connectivity index (χ1) is 6.37. The molecule has 0 aliphatic rings. The molecule has 0 fully saturated rings. The molecule has 1 atom stereocenters. The molecule has 0 saturated heterocycles. The molecule has 14 heavy (non-hydrogen) atoms. The Balaban J connectivity index is 0. The van der Waals surface area contributed by atoms with E-state index in [2.05, 4.69) is 11.1 Å². The summed E-state index contributed by atoms with van der Waals surface area (Å²) in [7, 11) is -4.68. The zero-order valence-electron chi connectivity index (χ0n) is 8.22. The fourth-order valence-corrected chi connectivity index (χ4v) is 0.727. The maximum absolute atomic E-state index is 11.8. The molecule has 0 rings (SSSR count). The quantitative estimate of drug-likeness (QED) is 0.554. The molecule has 0 amide bonds. The summed E-state index contributed by atoms with van der Waals surface area (Å²) < 4.78 is 29.9. The Bertz CT molecular complexity index is 179. The third-order valence-corrected chi connectivity index (χ3v) is 1.31. The second kappa shape index (κ2) is 9.30. The van der Waals surface area contributed by atoms with Gasteiger partial charge in [0.2, 0.25) is 6.36 Å². The average molecular weight is 230 g/mol. The van der Waals surface area contributed by atoms with E-state index >= 15 is 0 Å². The van der Waals surface area contributed by atoms with Gasteiger partial charge in [-0.05, 0) is 19.9 Å². The van der Waals surface area contributed by atoms with Crippen molar-refractivity contribution < 1.29 is 28.0 Å². The van der Waals surface area contributed by atoms with E-state index < -0.39 is 14.2 Å². The van der Waals surface area contributed by atoms with E-state index in [1.165, 1.54) is 0 Å². The highest BCUT2D eigenvalue weighted by molar-refractivity contribution is 7.46. The van der Waals surface area contributed by atoms with Gasteiger partial charge < -0.3 is 14.5 Å². The van der Waals surface area contributed by atoms with E-state index in [9.17, 15) is 8.96 Å². The van der Waals surface area contributed by atoms with Crippen molar-refractivity contribution in [2.75, 3.05) is 13.2 Å². The molecule has 0 aromatic rings. The lowest BCUT2D eigenvalue weighted by molar-refractivity contribution is 0.0731. The summed E-state index contributed by atoms with van der Waals surface area (Å²) in [5.74, 6) is 0. The first-order valence-corrected chi connectivity index (χ1v) is 5.48. The Morgan fingerprint density at radius 1 is 1.50 bits per heavy atom. The molecule has 86 valence electrons. The lowest BCUT2D eigenvalue weighted by Gasteiger charge is -2.04. The van der Waals surface area contributed by atoms with Crippen molar-refractivity contribution in [1.29, 1.82) is 0 Å². The Morgan fingerprint density at radius 2 is 1.93 bits per heavy atom. The predicted octanol–water partition coefficient (Wildman–Crippen LogP) is 1.62. The SMILES string of the molecule is C=CC(F)OP(=O)(O)O.CCOCC. The van der Waals surface area contributed by atoms with Gasteiger partial charge in [-0.15, -0.1) is 0 Å². The van der Waals surface area contributed by atoms with Crippen molar-refractivity contribution in [1.82, 2.24) is 0 Å². The predicted molar refractivity (Wildman–Crippen MR) is 50.4 cm³/mol. The van der Waals surface area contributed by atoms with E-state index in [0.29, 0.717) is 6.08 Å². The van der Waals surface area contributed by atoms with Gasteiger partial charge in [-0.3, -0.25) is 0 Å². The number of ether oxygens (including phenoxy) is 1. The largest absolute Gasteiger partial charge is 0.472 e. The number of alkyl halides is 1. The van der Waals surface area contributed by atoms with Crippen molar-refractivity contribution >= 4 is 7.82 Å². The Hall–Kier alpha value is -0.260. The van der Waals surface area contributed by atoms with Gasteiger partial charge in [-0.2, -0.15) is 0 Å². The minimum Gasteiger partial charge on any atom is -0.382 e. The van der Waals surface area contributed by atoms with Crippen molar-refractivity contribution in [3.63, 3.8) is 0 Å². The molecule has 0 saturated carbocycles. The Kier molecular flexibility index (Phi) is 10.7. The highest BCUT2D eigenvalue weighted by Crippen LogP contribution is 2.37. The van der Waals surface area contributed by atoms with E-state index in [-0.39, 0.29) is 0 Å². The first kappa shape index (κ1) is 16.2. The Morgan fingerprint density at radius 3 is 2.00 bits per heavy atom. The summed E-state index contributed by atoms with van der Waals surface area (Å²) >= 11 is 0. The summed E-state index contributed by atoms with van der Waals surface area (Å²) in [6.45, 7) is 8.57. The van der Waals surface area contributed by atoms with Gasteiger partial charge in [0.15, 0.2) is 0 Å². The van der Waals surface area contributed by atoms with E-state index in [4.69, 9.17) is 14.5 Å². The number of phosphoric acid groups is 1. The lowest BCUT2D eigenvalue weighted by atomic mass is 10.7. The van der Waals surface area contributed by atoms with Crippen LogP contribution in [0.2, 0.25) is 0 Å². The van der Waals surface area contributed by atoms with Gasteiger partial charge in [-0.25, -0.2) is 13.5 Å². The van der Waals surface area contributed by atoms with Gasteiger partial charge in [0.25, 0.3) is 0 Å². The van der Waals surface area contributed by atoms with Gasteiger partial charge in [0.05, 0.1) is 0 Å². The van der Waals surface area contributed by atoms with Crippen LogP contribution in [0.5, 0.6) is 0 Å². The normalized spacial score (nSPS) is 12.6. The van der Waals surface area contributed by atoms with E-state index in [0.717, 1.165) is 13.2 Å². The summed E-state index contributed by atoms with van der Waals surface area (Å²) in [6.07, 6.45) is -1.47. The molecule has 0 bridgehead atoms. The van der Waals surface area contributed by atoms with Crippen LogP contribution in [0.3, 0.4) is 0 Å². The minimum absolute atomic E-state index is 0.638. The fraction of sp³-hybridized carbons (Fsp3) is 0.714. The van der Waals surface area contributed by atoms with Crippen LogP contribution in [0.15, 0.2) is 12.7 Å². The molecule has 0 aromatic heterocycles. The molecule has 7 heteroatoms. The van der Waals surface area contributed by atoms with Crippen molar-refractivity contribution in [2.45, 2.75) is 20.2 Å². The second-order valence-corrected chi connectivity index (χ2v) is 3.16. The van der Waals surface area contributed by atoms with E-state index in [1.54, 1.807) is 0 Å². The zero-order chi connectivity index (χ0) is 11.6. The number of halogens is 1. The lowest BCUT2D eigenvalue weighted by Crippen LogP contribution is -1.98. The van der Waals surface area contributed by atoms with Crippen molar-refractivity contribution in [3.8, 4) is 0 Å². The third kappa shape index (κ3) is 17.7. The van der Waals surface area contributed by atoms with Gasteiger partial charge in [0, 0.05) is 13.2 Å². The van der Waals surface area contributed by atoms with Crippen molar-refractivity contribution in [2.24, 2.45) is 0 Å². The molecular weight excluding hydrogens is 214 g/mol. The maximum atomic E-state index is 11.8. The molecule has 0 aliphatic carbocycles. The molecular formula is C7H16FO5P. The molecule has 0 aromatic carbocycles. The van der Waals surface area contributed by atoms with Gasteiger partial charge >= 0.3 is 7.82 Å². The van der Waals surface area contributed by atoms with Crippen molar-refractivity contribution in [3.05, 3.63) is 12.7 Å². The van der Waals surface area contributed by atoms with Gasteiger partial charge in [0.1, 0.15) is 0 Å². The summed E-state index contributed by atoms with van der Waals surface area (Å²) in [4.78, 5) is 15.8. The van der Waals surface area contributed by atoms with Gasteiger partial charge in [-0.1, -0.05) is 6.58 Å². The molecule has 0 spiro atoms. The second-order valence-electron chi connectivity index (χ2n) is 1.96. The Labute approximate surface area is 82.8 Å². The smallest absolute Gasteiger partial charge is 0.382 e. The van der Waals surface area contributed by atoms with Crippen LogP contribution >= 0.6 is 7.82 Å². The van der Waals surface area contributed by atoms with E-state index in [1.807, 2.05) is 13.8 Å². The van der Waals surface area contributed by atoms with Crippen LogP contribution in [-0.2, 0) is 13.8 Å². The number of hydrogen-bond donors (Lipinski definition) is 2. The highest BCUT2D eigenvalue weighted by Gasteiger charge is 2.18. The molecule has 0 heterocycles. The standard InChI is InChI=1S/C4H10O.C3H6FO4P/c1-3-5-4-2;1-2-3(4)8-9(5,6)7/h3-4H2,1-2H3;2-3H,1H2,(H2,5,6,7). The first-order valence-electron chi connectivity index (χ1n) is 3.95. The summed E-state index contributed by atoms with van der Waals surface area (Å²) in [5, 5.41) is 0. The molecule has 2 N–H and O–H groups in total. The summed E-state index contributed by atoms with van der Waals surface area (Å²) in [6, 6.07) is 0. The zero-order valence-corrected chi connectivity index (χ0v) is 9.11. The average Bonchev–Trinajstić information content (AvgIpc) is 2.04. The fourth-order valence-electron chi connectivity index (χ4n) is 0.378. The molecule has 1 unspecified atom stereocenters. The molecule has 5 nitrogen and oxygen atoms in total. The maximum Gasteiger partial charge on any atom is 0.472 e. The minimum atomic E-state index is -4.68. The highest BCUT2D eigenvalue weighted by atomic mass is 31.2. The third-order valence-electron chi connectivity index (χ3n) is 0.832. The number of phosphoric ester groups is 1. The van der Waals surface area contributed by atoms with Crippen LogP contribution < -0.4 is 0 Å². The van der Waals surface area contributed by atoms with Crippen LogP contribution in [-0.4, -0.2) is 29.4 Å². The molecule has 0 aliphatic heterocycles. The molecule has 0 radical (unpaired) electrons. The van der Waals surface area contributed by atoms with Crippen LogP contribution in [0.25, 0.3) is 0 Å². The number of hydrogen-bond acceptors (Lipinski definition) is 3. The topological polar surface area (TPSA) is 76.0 Å². The van der Waals surface area contributed by atoms with Crippen LogP contribution in [0.4, 0.5) is 4.39 Å². The van der Waals surface area contributed by atoms with Crippen LogP contribution in [0.1, 0.15) is 13.8 Å².